The highest BCUT2D eigenvalue weighted by Crippen LogP contribution is 2.35. The van der Waals surface area contributed by atoms with Crippen molar-refractivity contribution in [3.63, 3.8) is 0 Å². The molecule has 0 amide bonds. The minimum atomic E-state index is 0.722. The summed E-state index contributed by atoms with van der Waals surface area (Å²) in [7, 11) is 0. The summed E-state index contributed by atoms with van der Waals surface area (Å²) in [6.07, 6.45) is 5.35. The van der Waals surface area contributed by atoms with E-state index in [1.54, 1.807) is 0 Å². The van der Waals surface area contributed by atoms with E-state index in [1.165, 1.54) is 42.4 Å². The molecule has 1 aliphatic carbocycles. The monoisotopic (exact) mass is 294 g/mol. The van der Waals surface area contributed by atoms with Crippen molar-refractivity contribution in [1.29, 1.82) is 0 Å². The second-order valence-electron chi connectivity index (χ2n) is 5.89. The van der Waals surface area contributed by atoms with E-state index in [-0.39, 0.29) is 0 Å². The van der Waals surface area contributed by atoms with Gasteiger partial charge in [0.25, 0.3) is 0 Å². The summed E-state index contributed by atoms with van der Waals surface area (Å²) < 4.78 is 0. The quantitative estimate of drug-likeness (QED) is 0.670. The molecule has 0 radical (unpaired) electrons. The first-order valence-electron chi connectivity index (χ1n) is 6.76. The van der Waals surface area contributed by atoms with Crippen LogP contribution in [0.15, 0.2) is 18.2 Å². The molecule has 94 valence electrons. The third kappa shape index (κ3) is 3.58. The fraction of sp³-hybridized carbons (Fsp3) is 0.625. The average Bonchev–Trinajstić information content (AvgIpc) is 2.22. The zero-order valence-electron chi connectivity index (χ0n) is 11.2. The Kier molecular flexibility index (Phi) is 4.30. The SMILES string of the molecule is Cc1cc(C)cc(CC2CC(C)CCC2Br)c1. The normalized spacial score (nSPS) is 29.3. The van der Waals surface area contributed by atoms with Crippen LogP contribution in [0.25, 0.3) is 0 Å². The zero-order valence-corrected chi connectivity index (χ0v) is 12.8. The van der Waals surface area contributed by atoms with Crippen LogP contribution < -0.4 is 0 Å². The van der Waals surface area contributed by atoms with Crippen molar-refractivity contribution in [2.45, 2.75) is 51.3 Å². The highest BCUT2D eigenvalue weighted by molar-refractivity contribution is 9.09. The van der Waals surface area contributed by atoms with Crippen LogP contribution in [0.4, 0.5) is 0 Å². The van der Waals surface area contributed by atoms with Crippen LogP contribution in [-0.4, -0.2) is 4.83 Å². The van der Waals surface area contributed by atoms with Crippen LogP contribution in [0.1, 0.15) is 42.9 Å². The minimum absolute atomic E-state index is 0.722. The molecular formula is C16H23Br. The van der Waals surface area contributed by atoms with Crippen molar-refractivity contribution >= 4 is 15.9 Å². The van der Waals surface area contributed by atoms with E-state index >= 15 is 0 Å². The summed E-state index contributed by atoms with van der Waals surface area (Å²) in [5.41, 5.74) is 4.32. The number of benzene rings is 1. The molecule has 0 bridgehead atoms. The van der Waals surface area contributed by atoms with Gasteiger partial charge in [0.05, 0.1) is 0 Å². The Morgan fingerprint density at radius 3 is 2.41 bits per heavy atom. The molecule has 1 aromatic carbocycles. The van der Waals surface area contributed by atoms with Gasteiger partial charge in [-0.2, -0.15) is 0 Å². The third-order valence-corrected chi connectivity index (χ3v) is 5.14. The van der Waals surface area contributed by atoms with E-state index in [0.29, 0.717) is 0 Å². The number of hydrogen-bond donors (Lipinski definition) is 0. The number of halogens is 1. The Labute approximate surface area is 114 Å². The molecule has 0 heterocycles. The first-order valence-corrected chi connectivity index (χ1v) is 7.67. The van der Waals surface area contributed by atoms with Crippen molar-refractivity contribution in [3.05, 3.63) is 34.9 Å². The molecule has 1 aromatic rings. The molecule has 0 aliphatic heterocycles. The van der Waals surface area contributed by atoms with Crippen molar-refractivity contribution < 1.29 is 0 Å². The maximum atomic E-state index is 3.88. The summed E-state index contributed by atoms with van der Waals surface area (Å²) in [6, 6.07) is 6.97. The first kappa shape index (κ1) is 13.1. The molecule has 1 fully saturated rings. The van der Waals surface area contributed by atoms with Gasteiger partial charge in [0.15, 0.2) is 0 Å². The summed E-state index contributed by atoms with van der Waals surface area (Å²) in [6.45, 7) is 6.80. The summed E-state index contributed by atoms with van der Waals surface area (Å²) in [4.78, 5) is 0.722. The Bertz CT molecular complexity index is 363. The molecule has 2 rings (SSSR count). The summed E-state index contributed by atoms with van der Waals surface area (Å²) in [5, 5.41) is 0. The van der Waals surface area contributed by atoms with Gasteiger partial charge in [-0.3, -0.25) is 0 Å². The smallest absolute Gasteiger partial charge is 0.0177 e. The fourth-order valence-electron chi connectivity index (χ4n) is 3.16. The molecule has 0 nitrogen and oxygen atoms in total. The van der Waals surface area contributed by atoms with E-state index in [1.807, 2.05) is 0 Å². The lowest BCUT2D eigenvalue weighted by Gasteiger charge is -2.31. The summed E-state index contributed by atoms with van der Waals surface area (Å²) in [5.74, 6) is 1.72. The van der Waals surface area contributed by atoms with Crippen molar-refractivity contribution in [2.75, 3.05) is 0 Å². The number of aryl methyl sites for hydroxylation is 2. The molecule has 1 heteroatoms. The number of hydrogen-bond acceptors (Lipinski definition) is 0. The highest BCUT2D eigenvalue weighted by Gasteiger charge is 2.26. The second kappa shape index (κ2) is 5.56. The van der Waals surface area contributed by atoms with Gasteiger partial charge < -0.3 is 0 Å². The van der Waals surface area contributed by atoms with Crippen LogP contribution in [-0.2, 0) is 6.42 Å². The van der Waals surface area contributed by atoms with Gasteiger partial charge in [-0.05, 0) is 56.9 Å². The summed E-state index contributed by atoms with van der Waals surface area (Å²) >= 11 is 3.88. The van der Waals surface area contributed by atoms with Crippen LogP contribution >= 0.6 is 15.9 Å². The van der Waals surface area contributed by atoms with Crippen molar-refractivity contribution in [2.24, 2.45) is 11.8 Å². The largest absolute Gasteiger partial charge is 0.0888 e. The number of alkyl halides is 1. The van der Waals surface area contributed by atoms with Crippen LogP contribution in [0.2, 0.25) is 0 Å². The van der Waals surface area contributed by atoms with Gasteiger partial charge in [-0.25, -0.2) is 0 Å². The lowest BCUT2D eigenvalue weighted by Crippen LogP contribution is -2.25. The second-order valence-corrected chi connectivity index (χ2v) is 7.07. The van der Waals surface area contributed by atoms with Gasteiger partial charge >= 0.3 is 0 Å². The molecular weight excluding hydrogens is 272 g/mol. The molecule has 3 unspecified atom stereocenters. The molecule has 0 aromatic heterocycles. The lowest BCUT2D eigenvalue weighted by molar-refractivity contribution is 0.294. The molecule has 17 heavy (non-hydrogen) atoms. The molecule has 1 saturated carbocycles. The van der Waals surface area contributed by atoms with E-state index < -0.39 is 0 Å². The van der Waals surface area contributed by atoms with Gasteiger partial charge in [0, 0.05) is 4.83 Å². The predicted octanol–water partition coefficient (Wildman–Crippen LogP) is 5.05. The predicted molar refractivity (Wildman–Crippen MR) is 78.8 cm³/mol. The van der Waals surface area contributed by atoms with Crippen LogP contribution in [0.5, 0.6) is 0 Å². The topological polar surface area (TPSA) is 0 Å². The van der Waals surface area contributed by atoms with Gasteiger partial charge in [-0.15, -0.1) is 0 Å². The number of rotatable bonds is 2. The first-order chi connectivity index (χ1) is 8.04. The Morgan fingerprint density at radius 2 is 1.76 bits per heavy atom. The van der Waals surface area contributed by atoms with E-state index in [4.69, 9.17) is 0 Å². The van der Waals surface area contributed by atoms with Crippen molar-refractivity contribution in [1.82, 2.24) is 0 Å². The average molecular weight is 295 g/mol. The van der Waals surface area contributed by atoms with E-state index in [9.17, 15) is 0 Å². The standard InChI is InChI=1S/C16H23Br/c1-11-4-5-16(17)15(9-11)10-14-7-12(2)6-13(3)8-14/h6-8,11,15-16H,4-5,9-10H2,1-3H3. The Balaban J connectivity index is 2.08. The Hall–Kier alpha value is -0.300. The zero-order chi connectivity index (χ0) is 12.4. The maximum Gasteiger partial charge on any atom is 0.0177 e. The Morgan fingerprint density at radius 1 is 1.12 bits per heavy atom. The van der Waals surface area contributed by atoms with Gasteiger partial charge in [0.2, 0.25) is 0 Å². The van der Waals surface area contributed by atoms with E-state index in [2.05, 4.69) is 54.9 Å². The van der Waals surface area contributed by atoms with Gasteiger partial charge in [-0.1, -0.05) is 52.2 Å². The molecule has 3 atom stereocenters. The molecule has 0 N–H and O–H groups in total. The maximum absolute atomic E-state index is 3.88. The minimum Gasteiger partial charge on any atom is -0.0888 e. The van der Waals surface area contributed by atoms with Crippen LogP contribution in [0.3, 0.4) is 0 Å². The molecule has 0 spiro atoms. The van der Waals surface area contributed by atoms with Crippen molar-refractivity contribution in [3.8, 4) is 0 Å². The van der Waals surface area contributed by atoms with Crippen LogP contribution in [0, 0.1) is 25.7 Å². The van der Waals surface area contributed by atoms with Gasteiger partial charge in [0.1, 0.15) is 0 Å². The highest BCUT2D eigenvalue weighted by atomic mass is 79.9. The van der Waals surface area contributed by atoms with E-state index in [0.717, 1.165) is 16.7 Å². The molecule has 1 aliphatic rings. The fourth-order valence-corrected chi connectivity index (χ4v) is 3.83. The molecule has 0 saturated heterocycles. The lowest BCUT2D eigenvalue weighted by atomic mass is 9.79. The third-order valence-electron chi connectivity index (χ3n) is 3.93.